The third kappa shape index (κ3) is 1.72. The highest BCUT2D eigenvalue weighted by atomic mass is 16.2. The minimum atomic E-state index is -0.506. The lowest BCUT2D eigenvalue weighted by atomic mass is 9.95. The number of aldehydes is 1. The van der Waals surface area contributed by atoms with Crippen molar-refractivity contribution in [3.8, 4) is 0 Å². The molecular formula is C12H14N2O2. The first-order chi connectivity index (χ1) is 7.63. The first-order valence-electron chi connectivity index (χ1n) is 5.21. The molecular weight excluding hydrogens is 204 g/mol. The number of ketones is 1. The number of carbonyl (C=O) groups is 2. The van der Waals surface area contributed by atoms with Gasteiger partial charge in [-0.25, -0.2) is 0 Å². The molecule has 0 aromatic heterocycles. The number of hydrogen-bond donors (Lipinski definition) is 2. The van der Waals surface area contributed by atoms with E-state index in [4.69, 9.17) is 0 Å². The van der Waals surface area contributed by atoms with Crippen LogP contribution in [0, 0.1) is 13.8 Å². The minimum absolute atomic E-state index is 0.377. The van der Waals surface area contributed by atoms with Crippen LogP contribution in [-0.2, 0) is 9.59 Å². The maximum Gasteiger partial charge on any atom is 0.216 e. The van der Waals surface area contributed by atoms with Gasteiger partial charge < -0.3 is 5.32 Å². The van der Waals surface area contributed by atoms with E-state index >= 15 is 0 Å². The summed E-state index contributed by atoms with van der Waals surface area (Å²) in [6, 6.07) is 3.46. The van der Waals surface area contributed by atoms with Crippen LogP contribution in [0.15, 0.2) is 12.1 Å². The number of rotatable bonds is 2. The van der Waals surface area contributed by atoms with Gasteiger partial charge in [-0.3, -0.25) is 14.9 Å². The fourth-order valence-corrected chi connectivity index (χ4v) is 1.91. The van der Waals surface area contributed by atoms with Gasteiger partial charge in [0.25, 0.3) is 0 Å². The Labute approximate surface area is 94.0 Å². The van der Waals surface area contributed by atoms with Crippen molar-refractivity contribution in [3.63, 3.8) is 0 Å². The predicted molar refractivity (Wildman–Crippen MR) is 61.4 cm³/mol. The summed E-state index contributed by atoms with van der Waals surface area (Å²) in [6.07, 6.45) is 0.377. The molecule has 0 bridgehead atoms. The van der Waals surface area contributed by atoms with E-state index in [0.717, 1.165) is 16.8 Å². The third-order valence-electron chi connectivity index (χ3n) is 2.96. The molecule has 1 aromatic carbocycles. The van der Waals surface area contributed by atoms with E-state index in [0.29, 0.717) is 13.0 Å². The fraction of sp³-hybridized carbons (Fsp3) is 0.333. The van der Waals surface area contributed by atoms with Crippen LogP contribution in [0.25, 0.3) is 0 Å². The summed E-state index contributed by atoms with van der Waals surface area (Å²) in [6.45, 7) is 4.52. The minimum Gasteiger partial charge on any atom is -0.372 e. The molecule has 0 saturated heterocycles. The van der Waals surface area contributed by atoms with Crippen molar-refractivity contribution >= 4 is 17.8 Å². The van der Waals surface area contributed by atoms with Crippen LogP contribution in [0.3, 0.4) is 0 Å². The molecule has 0 spiro atoms. The lowest BCUT2D eigenvalue weighted by Crippen LogP contribution is -2.37. The molecule has 0 saturated carbocycles. The molecule has 0 radical (unpaired) electrons. The second kappa shape index (κ2) is 4.06. The molecule has 16 heavy (non-hydrogen) atoms. The smallest absolute Gasteiger partial charge is 0.216 e. The average molecular weight is 218 g/mol. The summed E-state index contributed by atoms with van der Waals surface area (Å²) < 4.78 is 0. The molecule has 4 heteroatoms. The third-order valence-corrected chi connectivity index (χ3v) is 2.96. The van der Waals surface area contributed by atoms with Crippen molar-refractivity contribution in [2.75, 3.05) is 12.0 Å². The number of hydrogen-bond acceptors (Lipinski definition) is 4. The van der Waals surface area contributed by atoms with E-state index in [1.807, 2.05) is 26.0 Å². The quantitative estimate of drug-likeness (QED) is 0.576. The molecule has 4 nitrogen and oxygen atoms in total. The van der Waals surface area contributed by atoms with Crippen LogP contribution in [-0.4, -0.2) is 18.7 Å². The highest BCUT2D eigenvalue weighted by molar-refractivity contribution is 6.27. The van der Waals surface area contributed by atoms with Crippen molar-refractivity contribution in [2.45, 2.75) is 19.9 Å². The van der Waals surface area contributed by atoms with Gasteiger partial charge in [0.15, 0.2) is 6.29 Å². The van der Waals surface area contributed by atoms with Crippen molar-refractivity contribution < 1.29 is 9.59 Å². The fourth-order valence-electron chi connectivity index (χ4n) is 1.91. The van der Waals surface area contributed by atoms with Gasteiger partial charge in [-0.05, 0) is 31.0 Å². The maximum absolute atomic E-state index is 11.5. The van der Waals surface area contributed by atoms with Gasteiger partial charge in [0, 0.05) is 11.3 Å². The van der Waals surface area contributed by atoms with Gasteiger partial charge in [-0.1, -0.05) is 6.07 Å². The normalized spacial score (nSPS) is 18.5. The number of Topliss-reactive ketones (excluding diaryl/α,β-unsaturated/α-hetero) is 1. The standard InChI is InChI=1S/C12H14N2O2/c1-7-3-9-10(4-8(7)2)13-6-14-12(9)11(16)5-15/h3-5,12-14H,6H2,1-2H3. The number of aryl methyl sites for hydroxylation is 2. The Bertz CT molecular complexity index is 455. The Kier molecular flexibility index (Phi) is 2.75. The van der Waals surface area contributed by atoms with Gasteiger partial charge >= 0.3 is 0 Å². The van der Waals surface area contributed by atoms with E-state index in [9.17, 15) is 9.59 Å². The van der Waals surface area contributed by atoms with E-state index in [2.05, 4.69) is 10.6 Å². The maximum atomic E-state index is 11.5. The van der Waals surface area contributed by atoms with Crippen molar-refractivity contribution in [1.82, 2.24) is 5.32 Å². The number of fused-ring (bicyclic) bond motifs is 1. The van der Waals surface area contributed by atoms with E-state index in [1.165, 1.54) is 5.56 Å². The van der Waals surface area contributed by atoms with Gasteiger partial charge in [0.1, 0.15) is 6.04 Å². The van der Waals surface area contributed by atoms with Crippen molar-refractivity contribution in [1.29, 1.82) is 0 Å². The Morgan fingerprint density at radius 1 is 1.38 bits per heavy atom. The van der Waals surface area contributed by atoms with Gasteiger partial charge in [-0.2, -0.15) is 0 Å². The molecule has 1 aliphatic rings. The van der Waals surface area contributed by atoms with Gasteiger partial charge in [-0.15, -0.1) is 0 Å². The molecule has 84 valence electrons. The predicted octanol–water partition coefficient (Wildman–Crippen LogP) is 1.09. The number of benzene rings is 1. The van der Waals surface area contributed by atoms with Crippen LogP contribution in [0.4, 0.5) is 5.69 Å². The molecule has 1 aliphatic heterocycles. The Balaban J connectivity index is 2.49. The summed E-state index contributed by atoms with van der Waals surface area (Å²) in [7, 11) is 0. The summed E-state index contributed by atoms with van der Waals surface area (Å²) >= 11 is 0. The topological polar surface area (TPSA) is 58.2 Å². The van der Waals surface area contributed by atoms with Crippen LogP contribution in [0.5, 0.6) is 0 Å². The number of carbonyl (C=O) groups excluding carboxylic acids is 2. The Hall–Kier alpha value is -1.68. The van der Waals surface area contributed by atoms with Crippen molar-refractivity contribution in [3.05, 3.63) is 28.8 Å². The van der Waals surface area contributed by atoms with Crippen molar-refractivity contribution in [2.24, 2.45) is 0 Å². The SMILES string of the molecule is Cc1cc2c(cc1C)C(C(=O)C=O)NCN2. The zero-order valence-corrected chi connectivity index (χ0v) is 9.33. The molecule has 1 aromatic rings. The first kappa shape index (κ1) is 10.8. The summed E-state index contributed by atoms with van der Waals surface area (Å²) in [5, 5.41) is 6.14. The lowest BCUT2D eigenvalue weighted by molar-refractivity contribution is -0.131. The lowest BCUT2D eigenvalue weighted by Gasteiger charge is -2.26. The van der Waals surface area contributed by atoms with Crippen LogP contribution in [0.2, 0.25) is 0 Å². The number of anilines is 1. The Morgan fingerprint density at radius 3 is 2.75 bits per heavy atom. The van der Waals surface area contributed by atoms with Crippen LogP contribution >= 0.6 is 0 Å². The molecule has 0 aliphatic carbocycles. The molecule has 2 rings (SSSR count). The highest BCUT2D eigenvalue weighted by Crippen LogP contribution is 2.29. The average Bonchev–Trinajstić information content (AvgIpc) is 2.29. The molecule has 0 amide bonds. The summed E-state index contributed by atoms with van der Waals surface area (Å²) in [5.41, 5.74) is 4.08. The Morgan fingerprint density at radius 2 is 2.06 bits per heavy atom. The second-order valence-electron chi connectivity index (χ2n) is 4.03. The molecule has 1 atom stereocenters. The molecule has 1 heterocycles. The number of nitrogens with one attached hydrogen (secondary N) is 2. The van der Waals surface area contributed by atoms with Crippen LogP contribution < -0.4 is 10.6 Å². The summed E-state index contributed by atoms with van der Waals surface area (Å²) in [5.74, 6) is -0.425. The molecule has 2 N–H and O–H groups in total. The molecule has 1 unspecified atom stereocenters. The summed E-state index contributed by atoms with van der Waals surface area (Å²) in [4.78, 5) is 22.0. The van der Waals surface area contributed by atoms with Gasteiger partial charge in [0.2, 0.25) is 5.78 Å². The first-order valence-corrected chi connectivity index (χ1v) is 5.21. The highest BCUT2D eigenvalue weighted by Gasteiger charge is 2.25. The van der Waals surface area contributed by atoms with Gasteiger partial charge in [0.05, 0.1) is 6.67 Å². The zero-order valence-electron chi connectivity index (χ0n) is 9.33. The van der Waals surface area contributed by atoms with Crippen LogP contribution in [0.1, 0.15) is 22.7 Å². The second-order valence-corrected chi connectivity index (χ2v) is 4.03. The van der Waals surface area contributed by atoms with E-state index < -0.39 is 11.8 Å². The molecule has 0 fully saturated rings. The monoisotopic (exact) mass is 218 g/mol. The zero-order chi connectivity index (χ0) is 11.7. The largest absolute Gasteiger partial charge is 0.372 e. The van der Waals surface area contributed by atoms with E-state index in [-0.39, 0.29) is 0 Å². The van der Waals surface area contributed by atoms with E-state index in [1.54, 1.807) is 0 Å².